The van der Waals surface area contributed by atoms with Gasteiger partial charge < -0.3 is 9.88 Å². The van der Waals surface area contributed by atoms with E-state index in [2.05, 4.69) is 20.3 Å². The fourth-order valence-corrected chi connectivity index (χ4v) is 3.80. The molecule has 1 aliphatic rings. The predicted octanol–water partition coefficient (Wildman–Crippen LogP) is 5.46. The van der Waals surface area contributed by atoms with Crippen LogP contribution in [0.2, 0.25) is 0 Å². The van der Waals surface area contributed by atoms with Gasteiger partial charge in [0.1, 0.15) is 17.8 Å². The number of fused-ring (bicyclic) bond motifs is 1. The molecule has 3 aromatic rings. The maximum atomic E-state index is 12.9. The summed E-state index contributed by atoms with van der Waals surface area (Å²) in [7, 11) is 0. The van der Waals surface area contributed by atoms with Crippen LogP contribution < -0.4 is 5.32 Å². The second-order valence-corrected chi connectivity index (χ2v) is 7.29. The minimum Gasteiger partial charge on any atom is -0.367 e. The minimum absolute atomic E-state index is 0.0520. The van der Waals surface area contributed by atoms with E-state index in [1.165, 1.54) is 6.07 Å². The molecular formula is C19H17F6N5. The zero-order valence-corrected chi connectivity index (χ0v) is 15.5. The predicted molar refractivity (Wildman–Crippen MR) is 96.7 cm³/mol. The summed E-state index contributed by atoms with van der Waals surface area (Å²) in [5.41, 5.74) is -0.830. The number of aromatic nitrogens is 4. The number of rotatable bonds is 3. The Kier molecular flexibility index (Phi) is 5.07. The fraction of sp³-hybridized carbons (Fsp3) is 0.421. The van der Waals surface area contributed by atoms with Crippen LogP contribution in [0.25, 0.3) is 11.0 Å². The quantitative estimate of drug-likeness (QED) is 0.562. The number of hydrogen-bond acceptors (Lipinski definition) is 4. The normalized spacial score (nSPS) is 20.5. The Morgan fingerprint density at radius 3 is 2.27 bits per heavy atom. The van der Waals surface area contributed by atoms with Crippen molar-refractivity contribution in [1.82, 2.24) is 19.5 Å². The lowest BCUT2D eigenvalue weighted by molar-refractivity contribution is -0.141. The van der Waals surface area contributed by atoms with Crippen molar-refractivity contribution >= 4 is 16.9 Å². The van der Waals surface area contributed by atoms with Gasteiger partial charge >= 0.3 is 12.4 Å². The Morgan fingerprint density at radius 2 is 1.60 bits per heavy atom. The highest BCUT2D eigenvalue weighted by Gasteiger charge is 2.33. The molecule has 2 heterocycles. The van der Waals surface area contributed by atoms with Gasteiger partial charge in [-0.3, -0.25) is 0 Å². The van der Waals surface area contributed by atoms with Crippen molar-refractivity contribution in [1.29, 1.82) is 0 Å². The SMILES string of the molecule is FC(F)(F)c1ccc2c(c1)ncn2C1CCC(Nc2cc(C(F)(F)F)ncn2)CC1. The molecule has 1 saturated carbocycles. The van der Waals surface area contributed by atoms with Crippen LogP contribution in [0.5, 0.6) is 0 Å². The van der Waals surface area contributed by atoms with E-state index in [9.17, 15) is 26.3 Å². The lowest BCUT2D eigenvalue weighted by Gasteiger charge is -2.30. The Bertz CT molecular complexity index is 1030. The average molecular weight is 429 g/mol. The van der Waals surface area contributed by atoms with E-state index in [0.717, 1.165) is 24.5 Å². The molecule has 0 aliphatic heterocycles. The third-order valence-corrected chi connectivity index (χ3v) is 5.30. The summed E-state index contributed by atoms with van der Waals surface area (Å²) in [4.78, 5) is 11.2. The summed E-state index contributed by atoms with van der Waals surface area (Å²) in [5, 5.41) is 3.02. The molecule has 0 amide bonds. The summed E-state index contributed by atoms with van der Waals surface area (Å²) in [6.07, 6.45) is -3.76. The molecule has 0 unspecified atom stereocenters. The van der Waals surface area contributed by atoms with Crippen LogP contribution in [0.1, 0.15) is 43.0 Å². The van der Waals surface area contributed by atoms with Crippen molar-refractivity contribution in [2.75, 3.05) is 5.32 Å². The van der Waals surface area contributed by atoms with E-state index in [-0.39, 0.29) is 23.4 Å². The molecule has 1 aromatic carbocycles. The topological polar surface area (TPSA) is 55.6 Å². The molecule has 2 aromatic heterocycles. The van der Waals surface area contributed by atoms with Crippen LogP contribution >= 0.6 is 0 Å². The van der Waals surface area contributed by atoms with Gasteiger partial charge in [0.25, 0.3) is 0 Å². The average Bonchev–Trinajstić information content (AvgIpc) is 3.11. The highest BCUT2D eigenvalue weighted by atomic mass is 19.4. The number of benzene rings is 1. The molecule has 4 rings (SSSR count). The van der Waals surface area contributed by atoms with Crippen molar-refractivity contribution in [2.45, 2.75) is 50.1 Å². The third-order valence-electron chi connectivity index (χ3n) is 5.30. The molecule has 160 valence electrons. The zero-order chi connectivity index (χ0) is 21.5. The molecule has 0 radical (unpaired) electrons. The molecule has 11 heteroatoms. The van der Waals surface area contributed by atoms with Gasteiger partial charge in [0.05, 0.1) is 22.9 Å². The van der Waals surface area contributed by atoms with Crippen molar-refractivity contribution in [3.8, 4) is 0 Å². The molecular weight excluding hydrogens is 412 g/mol. The Morgan fingerprint density at radius 1 is 0.867 bits per heavy atom. The first-order chi connectivity index (χ1) is 14.1. The van der Waals surface area contributed by atoms with Crippen LogP contribution in [0.4, 0.5) is 32.2 Å². The van der Waals surface area contributed by atoms with Crippen molar-refractivity contribution < 1.29 is 26.3 Å². The van der Waals surface area contributed by atoms with Crippen LogP contribution in [0.15, 0.2) is 36.9 Å². The Balaban J connectivity index is 1.43. The number of nitrogens with one attached hydrogen (secondary N) is 1. The Hall–Kier alpha value is -2.85. The molecule has 0 saturated heterocycles. The first-order valence-electron chi connectivity index (χ1n) is 9.31. The maximum absolute atomic E-state index is 12.9. The van der Waals surface area contributed by atoms with E-state index < -0.39 is 23.6 Å². The number of imidazole rings is 1. The molecule has 0 spiro atoms. The molecule has 30 heavy (non-hydrogen) atoms. The first kappa shape index (κ1) is 20.4. The van der Waals surface area contributed by atoms with E-state index in [1.54, 1.807) is 6.33 Å². The van der Waals surface area contributed by atoms with Crippen LogP contribution in [0, 0.1) is 0 Å². The third kappa shape index (κ3) is 4.19. The zero-order valence-electron chi connectivity index (χ0n) is 15.5. The van der Waals surface area contributed by atoms with E-state index >= 15 is 0 Å². The van der Waals surface area contributed by atoms with Crippen LogP contribution in [-0.2, 0) is 12.4 Å². The van der Waals surface area contributed by atoms with E-state index in [4.69, 9.17) is 0 Å². The van der Waals surface area contributed by atoms with Gasteiger partial charge in [0.15, 0.2) is 0 Å². The number of nitrogens with zero attached hydrogens (tertiary/aromatic N) is 4. The number of halogens is 6. The highest BCUT2D eigenvalue weighted by Crippen LogP contribution is 2.35. The van der Waals surface area contributed by atoms with Gasteiger partial charge in [0, 0.05) is 18.2 Å². The van der Waals surface area contributed by atoms with E-state index in [0.29, 0.717) is 31.2 Å². The van der Waals surface area contributed by atoms with Gasteiger partial charge in [-0.1, -0.05) is 0 Å². The molecule has 0 bridgehead atoms. The van der Waals surface area contributed by atoms with Crippen LogP contribution in [0.3, 0.4) is 0 Å². The first-order valence-corrected chi connectivity index (χ1v) is 9.31. The minimum atomic E-state index is -4.54. The summed E-state index contributed by atoms with van der Waals surface area (Å²) in [6.45, 7) is 0. The smallest absolute Gasteiger partial charge is 0.367 e. The largest absolute Gasteiger partial charge is 0.433 e. The lowest BCUT2D eigenvalue weighted by atomic mass is 9.91. The number of hydrogen-bond donors (Lipinski definition) is 1. The summed E-state index contributed by atoms with van der Waals surface area (Å²) < 4.78 is 78.9. The van der Waals surface area contributed by atoms with Gasteiger partial charge in [-0.05, 0) is 43.9 Å². The fourth-order valence-electron chi connectivity index (χ4n) is 3.80. The van der Waals surface area contributed by atoms with Crippen molar-refractivity contribution in [3.63, 3.8) is 0 Å². The molecule has 1 fully saturated rings. The molecule has 5 nitrogen and oxygen atoms in total. The second-order valence-electron chi connectivity index (χ2n) is 7.29. The summed E-state index contributed by atoms with van der Waals surface area (Å²) in [5.74, 6) is 0.119. The number of anilines is 1. The molecule has 0 atom stereocenters. The summed E-state index contributed by atoms with van der Waals surface area (Å²) in [6, 6.07) is 4.39. The number of alkyl halides is 6. The van der Waals surface area contributed by atoms with Gasteiger partial charge in [0.2, 0.25) is 0 Å². The maximum Gasteiger partial charge on any atom is 0.433 e. The van der Waals surface area contributed by atoms with E-state index in [1.807, 2.05) is 4.57 Å². The Labute approximate surface area is 167 Å². The highest BCUT2D eigenvalue weighted by molar-refractivity contribution is 5.76. The summed E-state index contributed by atoms with van der Waals surface area (Å²) >= 11 is 0. The van der Waals surface area contributed by atoms with Gasteiger partial charge in [-0.25, -0.2) is 15.0 Å². The lowest BCUT2D eigenvalue weighted by Crippen LogP contribution is -2.28. The van der Waals surface area contributed by atoms with Crippen LogP contribution in [-0.4, -0.2) is 25.6 Å². The van der Waals surface area contributed by atoms with Gasteiger partial charge in [-0.15, -0.1) is 0 Å². The standard InChI is InChI=1S/C19H17F6N5/c20-18(21,22)11-1-6-15-14(7-11)28-10-30(15)13-4-2-12(3-5-13)29-17-8-16(19(23,24)25)26-9-27-17/h1,6-10,12-13H,2-5H2,(H,26,27,29). The van der Waals surface area contributed by atoms with Gasteiger partial charge in [-0.2, -0.15) is 26.3 Å². The van der Waals surface area contributed by atoms with Crippen molar-refractivity contribution in [3.05, 3.63) is 48.2 Å². The molecule has 1 aliphatic carbocycles. The second kappa shape index (κ2) is 7.44. The monoisotopic (exact) mass is 429 g/mol. The van der Waals surface area contributed by atoms with Crippen molar-refractivity contribution in [2.24, 2.45) is 0 Å². The molecule has 1 N–H and O–H groups in total.